The van der Waals surface area contributed by atoms with E-state index >= 15 is 0 Å². The molecule has 0 spiro atoms. The largest absolute Gasteiger partial charge is 0.350 e. The quantitative estimate of drug-likeness (QED) is 0.314. The Bertz CT molecular complexity index is 799. The van der Waals surface area contributed by atoms with Crippen molar-refractivity contribution < 1.29 is 9.18 Å². The number of nitrogens with one attached hydrogen (secondary N) is 1. The highest BCUT2D eigenvalue weighted by Gasteiger charge is 2.35. The van der Waals surface area contributed by atoms with Crippen LogP contribution in [0.5, 0.6) is 0 Å². The first-order valence-corrected chi connectivity index (χ1v) is 12.8. The number of allylic oxidation sites excluding steroid dienone is 9. The summed E-state index contributed by atoms with van der Waals surface area (Å²) in [5.74, 6) is -0.0883. The maximum absolute atomic E-state index is 13.2. The molecule has 0 atom stereocenters. The summed E-state index contributed by atoms with van der Waals surface area (Å²) < 4.78 is 13.2. The Hall–Kier alpha value is -1.90. The average Bonchev–Trinajstić information content (AvgIpc) is 2.74. The van der Waals surface area contributed by atoms with Crippen LogP contribution in [-0.2, 0) is 4.79 Å². The van der Waals surface area contributed by atoms with Gasteiger partial charge >= 0.3 is 0 Å². The molecule has 0 heterocycles. The van der Waals surface area contributed by atoms with Crippen LogP contribution in [0.2, 0.25) is 0 Å². The number of carbonyl (C=O) groups excluding carboxylic acids is 1. The van der Waals surface area contributed by atoms with Crippen molar-refractivity contribution in [3.05, 3.63) is 58.7 Å². The van der Waals surface area contributed by atoms with Crippen molar-refractivity contribution in [3.63, 3.8) is 0 Å². The van der Waals surface area contributed by atoms with Crippen LogP contribution in [0, 0.1) is 10.8 Å². The standard InChI is InChI=1S/C28H42FNO.C2H6/c1-20(11-16-25-22(3)27(4,5)17-18-28(25,6)7)9-8-10-21(2)19-26(31)30-24-14-12-23(29)13-15-24;1-2/h8-11,16,19,23-24H,12-15,17-18H2,1-7H3,(H,30,31);1-2H3/b10-8+,16-11+,20-9+,21-19+;. The van der Waals surface area contributed by atoms with Gasteiger partial charge in [-0.2, -0.15) is 0 Å². The first-order chi connectivity index (χ1) is 15.4. The number of halogens is 1. The molecule has 0 aromatic heterocycles. The first kappa shape index (κ1) is 29.1. The number of amides is 1. The summed E-state index contributed by atoms with van der Waals surface area (Å²) >= 11 is 0. The number of alkyl halides is 1. The Labute approximate surface area is 203 Å². The van der Waals surface area contributed by atoms with Crippen molar-refractivity contribution in [1.82, 2.24) is 5.32 Å². The fraction of sp³-hybridized carbons (Fsp3) is 0.633. The molecule has 0 aliphatic heterocycles. The van der Waals surface area contributed by atoms with E-state index in [-0.39, 0.29) is 22.8 Å². The van der Waals surface area contributed by atoms with Crippen molar-refractivity contribution in [3.8, 4) is 0 Å². The van der Waals surface area contributed by atoms with E-state index in [9.17, 15) is 9.18 Å². The molecule has 1 N–H and O–H groups in total. The van der Waals surface area contributed by atoms with Crippen LogP contribution in [-0.4, -0.2) is 18.1 Å². The molecule has 0 unspecified atom stereocenters. The first-order valence-electron chi connectivity index (χ1n) is 12.8. The van der Waals surface area contributed by atoms with Gasteiger partial charge in [0.15, 0.2) is 0 Å². The van der Waals surface area contributed by atoms with Crippen LogP contribution in [0.1, 0.15) is 101 Å². The van der Waals surface area contributed by atoms with E-state index in [1.165, 1.54) is 29.6 Å². The van der Waals surface area contributed by atoms with Gasteiger partial charge in [0.2, 0.25) is 5.91 Å². The smallest absolute Gasteiger partial charge is 0.244 e. The summed E-state index contributed by atoms with van der Waals surface area (Å²) in [5.41, 5.74) is 5.50. The van der Waals surface area contributed by atoms with E-state index in [4.69, 9.17) is 0 Å². The molecule has 2 rings (SSSR count). The lowest BCUT2D eigenvalue weighted by molar-refractivity contribution is -0.117. The minimum atomic E-state index is -0.701. The summed E-state index contributed by atoms with van der Waals surface area (Å²) in [5, 5.41) is 3.00. The summed E-state index contributed by atoms with van der Waals surface area (Å²) in [4.78, 5) is 12.2. The molecule has 0 aromatic rings. The molecule has 0 bridgehead atoms. The highest BCUT2D eigenvalue weighted by molar-refractivity contribution is 5.88. The van der Waals surface area contributed by atoms with Gasteiger partial charge in [0.1, 0.15) is 6.17 Å². The Kier molecular flexibility index (Phi) is 11.6. The predicted molar refractivity (Wildman–Crippen MR) is 142 cm³/mol. The second-order valence-corrected chi connectivity index (χ2v) is 10.8. The molecular formula is C30H48FNO. The molecule has 3 heteroatoms. The topological polar surface area (TPSA) is 29.1 Å². The summed E-state index contributed by atoms with van der Waals surface area (Å²) in [6.45, 7) is 19.7. The molecule has 0 aromatic carbocycles. The lowest BCUT2D eigenvalue weighted by Gasteiger charge is -2.42. The van der Waals surface area contributed by atoms with Gasteiger partial charge in [0.25, 0.3) is 0 Å². The minimum absolute atomic E-state index is 0.0883. The summed E-state index contributed by atoms with van der Waals surface area (Å²) in [6, 6.07) is 0.103. The molecule has 2 aliphatic carbocycles. The Morgan fingerprint density at radius 1 is 0.939 bits per heavy atom. The maximum atomic E-state index is 13.2. The second-order valence-electron chi connectivity index (χ2n) is 10.8. The fourth-order valence-electron chi connectivity index (χ4n) is 4.49. The van der Waals surface area contributed by atoms with Crippen molar-refractivity contribution in [2.45, 2.75) is 113 Å². The average molecular weight is 458 g/mol. The third-order valence-electron chi connectivity index (χ3n) is 7.12. The van der Waals surface area contributed by atoms with Gasteiger partial charge in [-0.05, 0) is 81.3 Å². The van der Waals surface area contributed by atoms with E-state index in [2.05, 4.69) is 65.1 Å². The van der Waals surface area contributed by atoms with Gasteiger partial charge in [0.05, 0.1) is 0 Å². The van der Waals surface area contributed by atoms with Crippen LogP contribution >= 0.6 is 0 Å². The van der Waals surface area contributed by atoms with E-state index in [0.717, 1.165) is 18.4 Å². The number of rotatable bonds is 6. The highest BCUT2D eigenvalue weighted by Crippen LogP contribution is 2.48. The molecule has 0 saturated heterocycles. The van der Waals surface area contributed by atoms with Crippen LogP contribution < -0.4 is 5.32 Å². The Morgan fingerprint density at radius 2 is 1.52 bits per heavy atom. The van der Waals surface area contributed by atoms with Gasteiger partial charge in [-0.1, -0.05) is 83.1 Å². The molecule has 2 nitrogen and oxygen atoms in total. The minimum Gasteiger partial charge on any atom is -0.350 e. The van der Waals surface area contributed by atoms with Gasteiger partial charge in [-0.3, -0.25) is 4.79 Å². The molecule has 33 heavy (non-hydrogen) atoms. The number of hydrogen-bond donors (Lipinski definition) is 1. The van der Waals surface area contributed by atoms with E-state index < -0.39 is 6.17 Å². The van der Waals surface area contributed by atoms with E-state index in [1.807, 2.05) is 32.9 Å². The van der Waals surface area contributed by atoms with Crippen molar-refractivity contribution in [2.75, 3.05) is 0 Å². The lowest BCUT2D eigenvalue weighted by Crippen LogP contribution is -2.37. The molecule has 2 aliphatic rings. The predicted octanol–water partition coefficient (Wildman–Crippen LogP) is 8.58. The van der Waals surface area contributed by atoms with Crippen LogP contribution in [0.3, 0.4) is 0 Å². The third kappa shape index (κ3) is 9.47. The summed E-state index contributed by atoms with van der Waals surface area (Å²) in [6.07, 6.45) is 16.4. The monoisotopic (exact) mass is 457 g/mol. The van der Waals surface area contributed by atoms with Gasteiger partial charge in [-0.15, -0.1) is 0 Å². The second kappa shape index (κ2) is 13.1. The zero-order valence-electron chi connectivity index (χ0n) is 22.6. The zero-order chi connectivity index (χ0) is 25.2. The summed E-state index contributed by atoms with van der Waals surface area (Å²) in [7, 11) is 0. The number of carbonyl (C=O) groups is 1. The maximum Gasteiger partial charge on any atom is 0.244 e. The molecule has 1 saturated carbocycles. The number of hydrogen-bond acceptors (Lipinski definition) is 1. The van der Waals surface area contributed by atoms with Gasteiger partial charge in [0, 0.05) is 12.1 Å². The molecule has 186 valence electrons. The van der Waals surface area contributed by atoms with Gasteiger partial charge in [-0.25, -0.2) is 4.39 Å². The van der Waals surface area contributed by atoms with Crippen molar-refractivity contribution in [1.29, 1.82) is 0 Å². The Balaban J connectivity index is 0.00000265. The SMILES string of the molecule is CC.CC1=C(/C=C/C(C)=C/C=C/C(C)=C/C(=O)NC2CCC(F)CC2)C(C)(C)CCC1(C)C. The Morgan fingerprint density at radius 3 is 2.12 bits per heavy atom. The normalized spacial score (nSPS) is 25.8. The van der Waals surface area contributed by atoms with Crippen LogP contribution in [0.4, 0.5) is 4.39 Å². The lowest BCUT2D eigenvalue weighted by atomic mass is 9.63. The van der Waals surface area contributed by atoms with E-state index in [1.54, 1.807) is 6.08 Å². The van der Waals surface area contributed by atoms with Crippen molar-refractivity contribution in [2.24, 2.45) is 10.8 Å². The molecule has 0 radical (unpaired) electrons. The highest BCUT2D eigenvalue weighted by atomic mass is 19.1. The molecule has 1 fully saturated rings. The molecule has 1 amide bonds. The fourth-order valence-corrected chi connectivity index (χ4v) is 4.49. The zero-order valence-corrected chi connectivity index (χ0v) is 22.6. The third-order valence-corrected chi connectivity index (χ3v) is 7.12. The van der Waals surface area contributed by atoms with E-state index in [0.29, 0.717) is 12.8 Å². The molecular weight excluding hydrogens is 409 g/mol. The van der Waals surface area contributed by atoms with Gasteiger partial charge < -0.3 is 5.32 Å². The van der Waals surface area contributed by atoms with Crippen molar-refractivity contribution >= 4 is 5.91 Å². The van der Waals surface area contributed by atoms with Crippen LogP contribution in [0.25, 0.3) is 0 Å². The van der Waals surface area contributed by atoms with Crippen LogP contribution in [0.15, 0.2) is 58.7 Å².